The molecule has 0 bridgehead atoms. The van der Waals surface area contributed by atoms with E-state index in [1.54, 1.807) is 23.7 Å². The molecular formula is C11H9N3S. The summed E-state index contributed by atoms with van der Waals surface area (Å²) in [6, 6.07) is 5.99. The molecule has 0 atom stereocenters. The van der Waals surface area contributed by atoms with E-state index in [1.165, 1.54) is 0 Å². The lowest BCUT2D eigenvalue weighted by Crippen LogP contribution is -1.83. The van der Waals surface area contributed by atoms with Crippen LogP contribution in [0.2, 0.25) is 0 Å². The first-order valence-electron chi connectivity index (χ1n) is 4.62. The van der Waals surface area contributed by atoms with Gasteiger partial charge in [0, 0.05) is 36.2 Å². The number of pyridine rings is 1. The van der Waals surface area contributed by atoms with E-state index >= 15 is 0 Å². The number of hydrogen-bond acceptors (Lipinski definition) is 4. The Morgan fingerprint density at radius 2 is 2.13 bits per heavy atom. The minimum absolute atomic E-state index is 0.531. The molecule has 74 valence electrons. The van der Waals surface area contributed by atoms with E-state index in [4.69, 9.17) is 5.26 Å². The quantitative estimate of drug-likeness (QED) is 0.790. The van der Waals surface area contributed by atoms with E-state index in [-0.39, 0.29) is 0 Å². The van der Waals surface area contributed by atoms with Crippen LogP contribution in [0.1, 0.15) is 11.4 Å². The first-order chi connectivity index (χ1) is 7.40. The van der Waals surface area contributed by atoms with Gasteiger partial charge in [-0.25, -0.2) is 4.98 Å². The van der Waals surface area contributed by atoms with Gasteiger partial charge in [-0.05, 0) is 12.1 Å². The summed E-state index contributed by atoms with van der Waals surface area (Å²) in [6.07, 6.45) is 4.78. The van der Waals surface area contributed by atoms with Gasteiger partial charge >= 0.3 is 0 Å². The lowest BCUT2D eigenvalue weighted by Gasteiger charge is -1.93. The zero-order chi connectivity index (χ0) is 10.5. The first-order valence-corrected chi connectivity index (χ1v) is 5.50. The summed E-state index contributed by atoms with van der Waals surface area (Å²) in [7, 11) is 0. The third kappa shape index (κ3) is 2.39. The molecule has 2 aromatic heterocycles. The highest BCUT2D eigenvalue weighted by atomic mass is 32.1. The van der Waals surface area contributed by atoms with E-state index in [0.717, 1.165) is 22.7 Å². The van der Waals surface area contributed by atoms with Crippen LogP contribution >= 0.6 is 11.3 Å². The lowest BCUT2D eigenvalue weighted by molar-refractivity contribution is 0.990. The zero-order valence-electron chi connectivity index (χ0n) is 8.05. The molecule has 3 nitrogen and oxygen atoms in total. The average molecular weight is 215 g/mol. The van der Waals surface area contributed by atoms with Gasteiger partial charge in [-0.1, -0.05) is 0 Å². The average Bonchev–Trinajstić information content (AvgIpc) is 2.76. The van der Waals surface area contributed by atoms with Crippen molar-refractivity contribution in [1.29, 1.82) is 5.26 Å². The number of rotatable bonds is 3. The number of aryl methyl sites for hydroxylation is 1. The molecule has 0 aliphatic rings. The van der Waals surface area contributed by atoms with Gasteiger partial charge in [0.25, 0.3) is 0 Å². The lowest BCUT2D eigenvalue weighted by atomic mass is 10.2. The number of aromatic nitrogens is 2. The maximum atomic E-state index is 8.47. The molecule has 4 heteroatoms. The van der Waals surface area contributed by atoms with Gasteiger partial charge in [0.05, 0.1) is 16.8 Å². The molecule has 0 amide bonds. The van der Waals surface area contributed by atoms with Crippen LogP contribution in [0.4, 0.5) is 0 Å². The fraction of sp³-hybridized carbons (Fsp3) is 0.182. The summed E-state index contributed by atoms with van der Waals surface area (Å²) in [6.45, 7) is 0. The van der Waals surface area contributed by atoms with E-state index in [2.05, 4.69) is 16.0 Å². The molecule has 0 spiro atoms. The monoisotopic (exact) mass is 215 g/mol. The predicted molar refractivity (Wildman–Crippen MR) is 59.3 cm³/mol. The van der Waals surface area contributed by atoms with E-state index in [0.29, 0.717) is 6.42 Å². The van der Waals surface area contributed by atoms with Crippen molar-refractivity contribution >= 4 is 11.3 Å². The van der Waals surface area contributed by atoms with Crippen molar-refractivity contribution in [3.8, 4) is 17.3 Å². The SMILES string of the molecule is N#CCCc1nc(-c2ccncc2)cs1. The van der Waals surface area contributed by atoms with Crippen LogP contribution in [0.3, 0.4) is 0 Å². The molecule has 0 fully saturated rings. The maximum Gasteiger partial charge on any atom is 0.0942 e. The Morgan fingerprint density at radius 1 is 1.33 bits per heavy atom. The first kappa shape index (κ1) is 9.81. The zero-order valence-corrected chi connectivity index (χ0v) is 8.87. The second-order valence-electron chi connectivity index (χ2n) is 3.02. The summed E-state index contributed by atoms with van der Waals surface area (Å²) in [5, 5.41) is 11.5. The van der Waals surface area contributed by atoms with Crippen LogP contribution in [-0.2, 0) is 6.42 Å². The third-order valence-corrected chi connectivity index (χ3v) is 2.89. The van der Waals surface area contributed by atoms with Crippen LogP contribution < -0.4 is 0 Å². The summed E-state index contributed by atoms with van der Waals surface area (Å²) in [5.74, 6) is 0. The van der Waals surface area contributed by atoms with Crippen molar-refractivity contribution < 1.29 is 0 Å². The number of nitrogens with zero attached hydrogens (tertiary/aromatic N) is 3. The fourth-order valence-electron chi connectivity index (χ4n) is 1.24. The minimum Gasteiger partial charge on any atom is -0.265 e. The van der Waals surface area contributed by atoms with E-state index in [1.807, 2.05) is 17.5 Å². The van der Waals surface area contributed by atoms with Crippen molar-refractivity contribution in [1.82, 2.24) is 9.97 Å². The molecule has 0 aliphatic carbocycles. The third-order valence-electron chi connectivity index (χ3n) is 1.98. The van der Waals surface area contributed by atoms with Gasteiger partial charge in [-0.15, -0.1) is 11.3 Å². The normalized spacial score (nSPS) is 9.80. The molecule has 0 N–H and O–H groups in total. The Bertz CT molecular complexity index is 470. The number of hydrogen-bond donors (Lipinski definition) is 0. The minimum atomic E-state index is 0.531. The van der Waals surface area contributed by atoms with Crippen LogP contribution in [0.5, 0.6) is 0 Å². The van der Waals surface area contributed by atoms with E-state index < -0.39 is 0 Å². The molecular weight excluding hydrogens is 206 g/mol. The molecule has 0 aromatic carbocycles. The Kier molecular flexibility index (Phi) is 3.05. The van der Waals surface area contributed by atoms with Gasteiger partial charge in [0.1, 0.15) is 0 Å². The number of nitriles is 1. The summed E-state index contributed by atoms with van der Waals surface area (Å²) >= 11 is 1.60. The highest BCUT2D eigenvalue weighted by Gasteiger charge is 2.03. The Morgan fingerprint density at radius 3 is 2.87 bits per heavy atom. The molecule has 2 rings (SSSR count). The van der Waals surface area contributed by atoms with Crippen molar-refractivity contribution in [2.75, 3.05) is 0 Å². The van der Waals surface area contributed by atoms with Gasteiger partial charge in [-0.2, -0.15) is 5.26 Å². The highest BCUT2D eigenvalue weighted by molar-refractivity contribution is 7.09. The molecule has 2 aromatic rings. The molecule has 2 heterocycles. The van der Waals surface area contributed by atoms with Crippen LogP contribution in [0.25, 0.3) is 11.3 Å². The maximum absolute atomic E-state index is 8.47. The van der Waals surface area contributed by atoms with Gasteiger partial charge in [0.2, 0.25) is 0 Å². The topological polar surface area (TPSA) is 49.6 Å². The Balaban J connectivity index is 2.18. The highest BCUT2D eigenvalue weighted by Crippen LogP contribution is 2.21. The second kappa shape index (κ2) is 4.67. The van der Waals surface area contributed by atoms with Crippen molar-refractivity contribution in [3.63, 3.8) is 0 Å². The Hall–Kier alpha value is -1.73. The van der Waals surface area contributed by atoms with Gasteiger partial charge < -0.3 is 0 Å². The largest absolute Gasteiger partial charge is 0.265 e. The fourth-order valence-corrected chi connectivity index (χ4v) is 2.05. The molecule has 0 aliphatic heterocycles. The molecule has 0 saturated carbocycles. The standard InChI is InChI=1S/C11H9N3S/c12-5-1-2-11-14-10(8-15-11)9-3-6-13-7-4-9/h3-4,6-8H,1-2H2. The van der Waals surface area contributed by atoms with Crippen LogP contribution in [0.15, 0.2) is 29.9 Å². The van der Waals surface area contributed by atoms with Crippen LogP contribution in [0, 0.1) is 11.3 Å². The smallest absolute Gasteiger partial charge is 0.0942 e. The van der Waals surface area contributed by atoms with Crippen molar-refractivity contribution in [3.05, 3.63) is 34.9 Å². The van der Waals surface area contributed by atoms with E-state index in [9.17, 15) is 0 Å². The van der Waals surface area contributed by atoms with Gasteiger partial charge in [0.15, 0.2) is 0 Å². The van der Waals surface area contributed by atoms with Crippen molar-refractivity contribution in [2.24, 2.45) is 0 Å². The molecule has 0 saturated heterocycles. The second-order valence-corrected chi connectivity index (χ2v) is 3.96. The molecule has 0 radical (unpaired) electrons. The molecule has 0 unspecified atom stereocenters. The summed E-state index contributed by atoms with van der Waals surface area (Å²) in [4.78, 5) is 8.42. The van der Waals surface area contributed by atoms with Crippen LogP contribution in [-0.4, -0.2) is 9.97 Å². The van der Waals surface area contributed by atoms with Gasteiger partial charge in [-0.3, -0.25) is 4.98 Å². The number of thiazole rings is 1. The summed E-state index contributed by atoms with van der Waals surface area (Å²) in [5.41, 5.74) is 2.04. The Labute approximate surface area is 92.1 Å². The molecule has 15 heavy (non-hydrogen) atoms. The van der Waals surface area contributed by atoms with Crippen molar-refractivity contribution in [2.45, 2.75) is 12.8 Å². The summed E-state index contributed by atoms with van der Waals surface area (Å²) < 4.78 is 0. The predicted octanol–water partition coefficient (Wildman–Crippen LogP) is 2.66.